The maximum absolute atomic E-state index is 4.45. The van der Waals surface area contributed by atoms with Gasteiger partial charge < -0.3 is 0 Å². The van der Waals surface area contributed by atoms with E-state index in [2.05, 4.69) is 17.5 Å². The highest BCUT2D eigenvalue weighted by Crippen LogP contribution is 2.37. The monoisotopic (exact) mass is 233 g/mol. The normalized spacial score (nSPS) is 29.9. The summed E-state index contributed by atoms with van der Waals surface area (Å²) in [4.78, 5) is 4.45. The Morgan fingerprint density at radius 2 is 1.29 bits per heavy atom. The fourth-order valence-corrected chi connectivity index (χ4v) is 4.13. The van der Waals surface area contributed by atoms with Gasteiger partial charge in [0.05, 0.1) is 18.3 Å². The average molecular weight is 233 g/mol. The van der Waals surface area contributed by atoms with E-state index < -0.39 is 0 Å². The zero-order chi connectivity index (χ0) is 11.6. The molecule has 2 nitrogen and oxygen atoms in total. The Labute approximate surface area is 105 Å². The Morgan fingerprint density at radius 3 is 1.71 bits per heavy atom. The van der Waals surface area contributed by atoms with Crippen molar-refractivity contribution >= 4 is 6.34 Å². The maximum Gasteiger partial charge on any atom is 0.195 e. The third-order valence-corrected chi connectivity index (χ3v) is 5.09. The molecule has 0 radical (unpaired) electrons. The van der Waals surface area contributed by atoms with Crippen LogP contribution in [0.2, 0.25) is 0 Å². The molecule has 1 aliphatic heterocycles. The molecule has 94 valence electrons. The second-order valence-electron chi connectivity index (χ2n) is 6.04. The molecule has 2 saturated carbocycles. The summed E-state index contributed by atoms with van der Waals surface area (Å²) in [5.74, 6) is 0. The minimum atomic E-state index is 0.828. The van der Waals surface area contributed by atoms with Crippen LogP contribution in [-0.4, -0.2) is 22.9 Å². The van der Waals surface area contributed by atoms with E-state index in [4.69, 9.17) is 0 Å². The third-order valence-electron chi connectivity index (χ3n) is 5.09. The number of aliphatic imine (C=N–C) groups is 1. The predicted octanol–water partition coefficient (Wildman–Crippen LogP) is 3.98. The zero-order valence-electron chi connectivity index (χ0n) is 10.9. The van der Waals surface area contributed by atoms with Crippen molar-refractivity contribution < 1.29 is 4.48 Å². The van der Waals surface area contributed by atoms with E-state index in [0.717, 1.165) is 16.6 Å². The van der Waals surface area contributed by atoms with Gasteiger partial charge in [-0.25, -0.2) is 9.48 Å². The van der Waals surface area contributed by atoms with Gasteiger partial charge in [-0.3, -0.25) is 0 Å². The van der Waals surface area contributed by atoms with Gasteiger partial charge in [0.15, 0.2) is 6.34 Å². The van der Waals surface area contributed by atoms with Crippen molar-refractivity contribution in [2.24, 2.45) is 4.99 Å². The van der Waals surface area contributed by atoms with E-state index in [-0.39, 0.29) is 0 Å². The maximum atomic E-state index is 4.45. The van der Waals surface area contributed by atoms with Gasteiger partial charge >= 0.3 is 0 Å². The van der Waals surface area contributed by atoms with Crippen LogP contribution in [0.1, 0.15) is 64.2 Å². The van der Waals surface area contributed by atoms with Crippen molar-refractivity contribution in [3.05, 3.63) is 12.4 Å². The molecule has 2 heteroatoms. The second-order valence-corrected chi connectivity index (χ2v) is 6.04. The number of hydrogen-bond acceptors (Lipinski definition) is 1. The molecule has 3 rings (SSSR count). The predicted molar refractivity (Wildman–Crippen MR) is 71.6 cm³/mol. The van der Waals surface area contributed by atoms with Crippen molar-refractivity contribution in [1.82, 2.24) is 0 Å². The van der Waals surface area contributed by atoms with E-state index in [1.807, 2.05) is 6.20 Å². The van der Waals surface area contributed by atoms with E-state index in [0.29, 0.717) is 0 Å². The molecule has 0 N–H and O–H groups in total. The van der Waals surface area contributed by atoms with E-state index in [1.165, 1.54) is 64.2 Å². The molecule has 17 heavy (non-hydrogen) atoms. The molecule has 0 bridgehead atoms. The number of rotatable bonds is 2. The van der Waals surface area contributed by atoms with Gasteiger partial charge in [0.2, 0.25) is 0 Å². The molecule has 3 aliphatic rings. The molecular weight excluding hydrogens is 208 g/mol. The highest BCUT2D eigenvalue weighted by molar-refractivity contribution is 5.51. The second kappa shape index (κ2) is 4.93. The summed E-state index contributed by atoms with van der Waals surface area (Å²) in [6, 6.07) is 1.66. The van der Waals surface area contributed by atoms with Crippen LogP contribution in [-0.2, 0) is 0 Å². The van der Waals surface area contributed by atoms with E-state index in [1.54, 1.807) is 0 Å². The molecule has 0 aromatic heterocycles. The summed E-state index contributed by atoms with van der Waals surface area (Å²) in [5.41, 5.74) is 0. The fourth-order valence-electron chi connectivity index (χ4n) is 4.13. The van der Waals surface area contributed by atoms with Crippen LogP contribution in [0.4, 0.5) is 0 Å². The lowest BCUT2D eigenvalue weighted by Crippen LogP contribution is -2.57. The first kappa shape index (κ1) is 11.5. The van der Waals surface area contributed by atoms with Crippen LogP contribution >= 0.6 is 0 Å². The van der Waals surface area contributed by atoms with Gasteiger partial charge in [0, 0.05) is 25.7 Å². The van der Waals surface area contributed by atoms with Gasteiger partial charge in [-0.05, 0) is 25.7 Å². The molecule has 0 spiro atoms. The minimum Gasteiger partial charge on any atom is -0.249 e. The largest absolute Gasteiger partial charge is 0.249 e. The Kier molecular flexibility index (Phi) is 3.32. The van der Waals surface area contributed by atoms with Crippen molar-refractivity contribution in [3.8, 4) is 0 Å². The first-order valence-corrected chi connectivity index (χ1v) is 7.52. The van der Waals surface area contributed by atoms with E-state index >= 15 is 0 Å². The SMILES string of the molecule is C1=C[N+](C2CCCCC2)(C2CCCCC2)C=N1. The lowest BCUT2D eigenvalue weighted by Gasteiger charge is -2.45. The molecule has 2 fully saturated rings. The quantitative estimate of drug-likeness (QED) is 0.640. The topological polar surface area (TPSA) is 12.4 Å². The number of nitrogens with zero attached hydrogens (tertiary/aromatic N) is 2. The standard InChI is InChI=1S/C15H25N2/c1-3-7-14(8-4-1)17(12-11-16-13-17)15-9-5-2-6-10-15/h11-15H,1-10H2/q+1. The summed E-state index contributed by atoms with van der Waals surface area (Å²) < 4.78 is 1.11. The van der Waals surface area contributed by atoms with Gasteiger partial charge in [0.1, 0.15) is 6.20 Å². The summed E-state index contributed by atoms with van der Waals surface area (Å²) >= 11 is 0. The minimum absolute atomic E-state index is 0.828. The first-order chi connectivity index (χ1) is 8.42. The molecule has 0 amide bonds. The van der Waals surface area contributed by atoms with Gasteiger partial charge in [-0.2, -0.15) is 0 Å². The van der Waals surface area contributed by atoms with Crippen molar-refractivity contribution in [2.75, 3.05) is 0 Å². The highest BCUT2D eigenvalue weighted by atomic mass is 15.4. The molecule has 1 heterocycles. The molecule has 0 saturated heterocycles. The summed E-state index contributed by atoms with van der Waals surface area (Å²) in [6.45, 7) is 0. The smallest absolute Gasteiger partial charge is 0.195 e. The summed E-state index contributed by atoms with van der Waals surface area (Å²) in [7, 11) is 0. The fraction of sp³-hybridized carbons (Fsp3) is 0.800. The molecule has 0 aromatic rings. The van der Waals surface area contributed by atoms with Crippen molar-refractivity contribution in [2.45, 2.75) is 76.3 Å². The van der Waals surface area contributed by atoms with Crippen molar-refractivity contribution in [3.63, 3.8) is 0 Å². The summed E-state index contributed by atoms with van der Waals surface area (Å²) in [5, 5.41) is 0. The van der Waals surface area contributed by atoms with Crippen LogP contribution in [0.15, 0.2) is 17.4 Å². The Morgan fingerprint density at radius 1 is 0.765 bits per heavy atom. The third kappa shape index (κ3) is 2.08. The van der Waals surface area contributed by atoms with E-state index in [9.17, 15) is 0 Å². The summed E-state index contributed by atoms with van der Waals surface area (Å²) in [6.07, 6.45) is 20.9. The number of quaternary nitrogens is 1. The van der Waals surface area contributed by atoms with Crippen molar-refractivity contribution in [1.29, 1.82) is 0 Å². The van der Waals surface area contributed by atoms with Gasteiger partial charge in [-0.1, -0.05) is 12.8 Å². The Bertz CT molecular complexity index is 275. The molecular formula is C15H25N2+. The van der Waals surface area contributed by atoms with Gasteiger partial charge in [0.25, 0.3) is 0 Å². The Balaban J connectivity index is 1.81. The lowest BCUT2D eigenvalue weighted by atomic mass is 9.87. The highest BCUT2D eigenvalue weighted by Gasteiger charge is 2.43. The molecule has 0 atom stereocenters. The van der Waals surface area contributed by atoms with Crippen LogP contribution in [0.25, 0.3) is 0 Å². The number of hydrogen-bond donors (Lipinski definition) is 0. The molecule has 0 aromatic carbocycles. The van der Waals surface area contributed by atoms with Crippen LogP contribution in [0.3, 0.4) is 0 Å². The van der Waals surface area contributed by atoms with Crippen LogP contribution < -0.4 is 0 Å². The van der Waals surface area contributed by atoms with Crippen LogP contribution in [0, 0.1) is 0 Å². The molecule has 2 aliphatic carbocycles. The first-order valence-electron chi connectivity index (χ1n) is 7.52. The lowest BCUT2D eigenvalue weighted by molar-refractivity contribution is -0.838. The van der Waals surface area contributed by atoms with Crippen LogP contribution in [0.5, 0.6) is 0 Å². The average Bonchev–Trinajstić information content (AvgIpc) is 2.91. The zero-order valence-corrected chi connectivity index (χ0v) is 10.9. The van der Waals surface area contributed by atoms with Gasteiger partial charge in [-0.15, -0.1) is 0 Å². The molecule has 0 unspecified atom stereocenters. The Hall–Kier alpha value is -0.630.